The van der Waals surface area contributed by atoms with Gasteiger partial charge in [0.05, 0.1) is 17.4 Å². The Hall–Kier alpha value is -3.68. The van der Waals surface area contributed by atoms with Crippen LogP contribution in [0.25, 0.3) is 11.8 Å². The van der Waals surface area contributed by atoms with Crippen molar-refractivity contribution >= 4 is 17.9 Å². The van der Waals surface area contributed by atoms with Crippen LogP contribution in [0.5, 0.6) is 0 Å². The van der Waals surface area contributed by atoms with Gasteiger partial charge in [-0.3, -0.25) is 0 Å². The van der Waals surface area contributed by atoms with Gasteiger partial charge in [-0.15, -0.1) is 0 Å². The van der Waals surface area contributed by atoms with Crippen molar-refractivity contribution in [2.45, 2.75) is 6.18 Å². The molecule has 0 unspecified atom stereocenters. The third kappa shape index (κ3) is 3.57. The van der Waals surface area contributed by atoms with Gasteiger partial charge in [-0.1, -0.05) is 18.2 Å². The van der Waals surface area contributed by atoms with Crippen LogP contribution in [0.1, 0.15) is 16.7 Å². The van der Waals surface area contributed by atoms with Gasteiger partial charge < -0.3 is 4.74 Å². The summed E-state index contributed by atoms with van der Waals surface area (Å²) in [4.78, 5) is 16.1. The number of nitrogens with zero attached hydrogens (tertiary/aromatic N) is 3. The highest BCUT2D eigenvalue weighted by Gasteiger charge is 2.31. The van der Waals surface area contributed by atoms with Gasteiger partial charge in [0.25, 0.3) is 0 Å². The number of carbonyl (C=O) groups excluding carboxylic acids is 1. The van der Waals surface area contributed by atoms with Crippen LogP contribution in [0, 0.1) is 0 Å². The van der Waals surface area contributed by atoms with Gasteiger partial charge in [0.15, 0.2) is 5.70 Å². The van der Waals surface area contributed by atoms with E-state index >= 15 is 0 Å². The van der Waals surface area contributed by atoms with E-state index in [4.69, 9.17) is 4.74 Å². The number of benzene rings is 2. The van der Waals surface area contributed by atoms with Crippen molar-refractivity contribution in [1.82, 2.24) is 9.78 Å². The molecule has 1 aliphatic heterocycles. The number of hydrogen-bond acceptors (Lipinski definition) is 4. The van der Waals surface area contributed by atoms with E-state index in [0.717, 1.165) is 17.8 Å². The summed E-state index contributed by atoms with van der Waals surface area (Å²) in [5.74, 6) is -0.720. The van der Waals surface area contributed by atoms with Crippen molar-refractivity contribution < 1.29 is 22.7 Å². The summed E-state index contributed by atoms with van der Waals surface area (Å²) in [6.07, 6.45) is 0.364. The minimum absolute atomic E-state index is 0.0413. The van der Waals surface area contributed by atoms with Gasteiger partial charge in [-0.25, -0.2) is 14.5 Å². The summed E-state index contributed by atoms with van der Waals surface area (Å²) in [5, 5.41) is 4.23. The van der Waals surface area contributed by atoms with Crippen LogP contribution in [0.15, 0.2) is 77.7 Å². The van der Waals surface area contributed by atoms with E-state index in [1.807, 2.05) is 30.3 Å². The smallest absolute Gasteiger partial charge is 0.402 e. The summed E-state index contributed by atoms with van der Waals surface area (Å²) in [5.41, 5.74) is 1.03. The minimum Gasteiger partial charge on any atom is -0.402 e. The molecule has 8 heteroatoms. The number of alkyl halides is 3. The van der Waals surface area contributed by atoms with Crippen molar-refractivity contribution in [3.8, 4) is 5.69 Å². The molecule has 4 rings (SSSR count). The molecule has 0 fully saturated rings. The Kier molecular flexibility index (Phi) is 4.31. The fourth-order valence-corrected chi connectivity index (χ4v) is 2.63. The first kappa shape index (κ1) is 17.7. The monoisotopic (exact) mass is 383 g/mol. The summed E-state index contributed by atoms with van der Waals surface area (Å²) in [6, 6.07) is 13.7. The van der Waals surface area contributed by atoms with Gasteiger partial charge in [0.1, 0.15) is 0 Å². The van der Waals surface area contributed by atoms with Crippen LogP contribution in [0.3, 0.4) is 0 Å². The number of hydrogen-bond donors (Lipinski definition) is 0. The summed E-state index contributed by atoms with van der Waals surface area (Å²) in [7, 11) is 0. The molecule has 3 aromatic rings. The maximum absolute atomic E-state index is 12.7. The van der Waals surface area contributed by atoms with Gasteiger partial charge in [0, 0.05) is 17.3 Å². The molecule has 1 aromatic heterocycles. The standard InChI is InChI=1S/C20H12F3N3O2/c21-20(22,23)15-8-6-14(7-9-15)18-25-17(19(27)28-18)10-13-11-24-26(12-13)16-4-2-1-3-5-16/h1-12H/b17-10+. The van der Waals surface area contributed by atoms with E-state index in [0.29, 0.717) is 5.56 Å². The molecule has 0 amide bonds. The third-order valence-electron chi connectivity index (χ3n) is 4.01. The SMILES string of the molecule is O=C1OC(c2ccc(C(F)(F)F)cc2)=N/C1=C/c1cnn(-c2ccccc2)c1. The predicted molar refractivity (Wildman–Crippen MR) is 95.6 cm³/mol. The number of aromatic nitrogens is 2. The molecular formula is C20H12F3N3O2. The van der Waals surface area contributed by atoms with E-state index in [1.54, 1.807) is 17.1 Å². The zero-order valence-electron chi connectivity index (χ0n) is 14.2. The Bertz CT molecular complexity index is 1080. The molecule has 5 nitrogen and oxygen atoms in total. The minimum atomic E-state index is -4.43. The molecule has 1 aliphatic rings. The van der Waals surface area contributed by atoms with Gasteiger partial charge >= 0.3 is 12.1 Å². The molecule has 0 aliphatic carbocycles. The van der Waals surface area contributed by atoms with Crippen LogP contribution in [-0.4, -0.2) is 21.6 Å². The van der Waals surface area contributed by atoms with Crippen molar-refractivity contribution in [3.05, 3.63) is 89.4 Å². The first-order valence-electron chi connectivity index (χ1n) is 8.20. The summed E-state index contributed by atoms with van der Waals surface area (Å²) in [6.45, 7) is 0. The van der Waals surface area contributed by atoms with Crippen molar-refractivity contribution in [2.75, 3.05) is 0 Å². The fraction of sp³-hybridized carbons (Fsp3) is 0.0500. The van der Waals surface area contributed by atoms with Crippen LogP contribution < -0.4 is 0 Å². The zero-order chi connectivity index (χ0) is 19.7. The number of carbonyl (C=O) groups is 1. The molecule has 0 radical (unpaired) electrons. The van der Waals surface area contributed by atoms with Crippen LogP contribution in [-0.2, 0) is 15.7 Å². The van der Waals surface area contributed by atoms with Crippen molar-refractivity contribution in [1.29, 1.82) is 0 Å². The largest absolute Gasteiger partial charge is 0.416 e. The molecule has 0 saturated heterocycles. The zero-order valence-corrected chi connectivity index (χ0v) is 14.2. The Morgan fingerprint density at radius 3 is 2.39 bits per heavy atom. The van der Waals surface area contributed by atoms with Crippen LogP contribution in [0.4, 0.5) is 13.2 Å². The maximum Gasteiger partial charge on any atom is 0.416 e. The van der Waals surface area contributed by atoms with Crippen molar-refractivity contribution in [3.63, 3.8) is 0 Å². The number of halogens is 3. The molecule has 2 heterocycles. The maximum atomic E-state index is 12.7. The lowest BCUT2D eigenvalue weighted by Gasteiger charge is -2.06. The second-order valence-corrected chi connectivity index (χ2v) is 5.96. The Morgan fingerprint density at radius 2 is 1.71 bits per heavy atom. The summed E-state index contributed by atoms with van der Waals surface area (Å²) >= 11 is 0. The molecule has 140 valence electrons. The van der Waals surface area contributed by atoms with Crippen LogP contribution in [0.2, 0.25) is 0 Å². The fourth-order valence-electron chi connectivity index (χ4n) is 2.63. The number of para-hydroxylation sites is 1. The molecule has 2 aromatic carbocycles. The number of ether oxygens (including phenoxy) is 1. The highest BCUT2D eigenvalue weighted by Crippen LogP contribution is 2.29. The predicted octanol–water partition coefficient (Wildman–Crippen LogP) is 4.24. The van der Waals surface area contributed by atoms with E-state index in [-0.39, 0.29) is 17.2 Å². The lowest BCUT2D eigenvalue weighted by molar-refractivity contribution is -0.137. The second kappa shape index (κ2) is 6.80. The lowest BCUT2D eigenvalue weighted by atomic mass is 10.1. The Labute approximate surface area is 157 Å². The first-order valence-corrected chi connectivity index (χ1v) is 8.20. The Morgan fingerprint density at radius 1 is 1.00 bits per heavy atom. The molecule has 0 bridgehead atoms. The van der Waals surface area contributed by atoms with E-state index in [9.17, 15) is 18.0 Å². The van der Waals surface area contributed by atoms with E-state index in [1.165, 1.54) is 18.2 Å². The van der Waals surface area contributed by atoms with E-state index < -0.39 is 17.7 Å². The average molecular weight is 383 g/mol. The lowest BCUT2D eigenvalue weighted by Crippen LogP contribution is -2.08. The van der Waals surface area contributed by atoms with Gasteiger partial charge in [0.2, 0.25) is 5.90 Å². The molecule has 28 heavy (non-hydrogen) atoms. The topological polar surface area (TPSA) is 56.5 Å². The number of aliphatic imine (C=N–C) groups is 1. The number of rotatable bonds is 3. The normalized spacial score (nSPS) is 15.6. The van der Waals surface area contributed by atoms with Crippen LogP contribution >= 0.6 is 0 Å². The second-order valence-electron chi connectivity index (χ2n) is 5.96. The Balaban J connectivity index is 1.58. The van der Waals surface area contributed by atoms with Gasteiger partial charge in [-0.2, -0.15) is 18.3 Å². The summed E-state index contributed by atoms with van der Waals surface area (Å²) < 4.78 is 44.7. The molecule has 0 spiro atoms. The van der Waals surface area contributed by atoms with E-state index in [2.05, 4.69) is 10.1 Å². The third-order valence-corrected chi connectivity index (χ3v) is 4.01. The quantitative estimate of drug-likeness (QED) is 0.502. The molecule has 0 saturated carbocycles. The van der Waals surface area contributed by atoms with Crippen molar-refractivity contribution in [2.24, 2.45) is 4.99 Å². The first-order chi connectivity index (χ1) is 13.4. The highest BCUT2D eigenvalue weighted by molar-refractivity contribution is 6.12. The molecular weight excluding hydrogens is 371 g/mol. The average Bonchev–Trinajstić information content (AvgIpc) is 3.29. The highest BCUT2D eigenvalue weighted by atomic mass is 19.4. The molecule has 0 atom stereocenters. The number of esters is 1. The molecule has 0 N–H and O–H groups in total. The van der Waals surface area contributed by atoms with Gasteiger partial charge in [-0.05, 0) is 42.5 Å². The number of cyclic esters (lactones) is 1.